The van der Waals surface area contributed by atoms with E-state index in [9.17, 15) is 4.79 Å². The van der Waals surface area contributed by atoms with Crippen molar-refractivity contribution in [2.24, 2.45) is 5.73 Å². The monoisotopic (exact) mass is 236 g/mol. The molecule has 1 amide bonds. The van der Waals surface area contributed by atoms with Crippen molar-refractivity contribution in [2.45, 2.75) is 19.9 Å². The van der Waals surface area contributed by atoms with Gasteiger partial charge in [0.2, 0.25) is 0 Å². The summed E-state index contributed by atoms with van der Waals surface area (Å²) in [6.07, 6.45) is 0. The predicted molar refractivity (Wildman–Crippen MR) is 67.9 cm³/mol. The minimum Gasteiger partial charge on any atom is -0.483 e. The van der Waals surface area contributed by atoms with Crippen LogP contribution in [0.15, 0.2) is 24.3 Å². The summed E-state index contributed by atoms with van der Waals surface area (Å²) in [7, 11) is 1.75. The lowest BCUT2D eigenvalue weighted by Gasteiger charge is -2.17. The molecule has 0 aliphatic heterocycles. The van der Waals surface area contributed by atoms with Crippen LogP contribution < -0.4 is 10.5 Å². The molecule has 2 N–H and O–H groups in total. The van der Waals surface area contributed by atoms with Crippen LogP contribution >= 0.6 is 0 Å². The zero-order valence-electron chi connectivity index (χ0n) is 10.6. The molecule has 0 bridgehead atoms. The van der Waals surface area contributed by atoms with Gasteiger partial charge < -0.3 is 15.4 Å². The largest absolute Gasteiger partial charge is 0.483 e. The van der Waals surface area contributed by atoms with E-state index in [0.717, 1.165) is 5.56 Å². The van der Waals surface area contributed by atoms with Gasteiger partial charge in [0.05, 0.1) is 0 Å². The molecule has 0 unspecified atom stereocenters. The van der Waals surface area contributed by atoms with Crippen LogP contribution in [0.3, 0.4) is 0 Å². The summed E-state index contributed by atoms with van der Waals surface area (Å²) in [6.45, 7) is 4.54. The molecular formula is C13H20N2O2. The van der Waals surface area contributed by atoms with Crippen LogP contribution in [0.2, 0.25) is 0 Å². The number of hydrogen-bond acceptors (Lipinski definition) is 3. The molecule has 1 aromatic rings. The maximum Gasteiger partial charge on any atom is 0.260 e. The van der Waals surface area contributed by atoms with E-state index in [-0.39, 0.29) is 18.6 Å². The minimum absolute atomic E-state index is 0.0352. The van der Waals surface area contributed by atoms with Gasteiger partial charge in [-0.3, -0.25) is 4.79 Å². The summed E-state index contributed by atoms with van der Waals surface area (Å²) >= 11 is 0. The molecule has 0 heterocycles. The number of para-hydroxylation sites is 1. The number of likely N-dealkylation sites (N-methyl/N-ethyl adjacent to an activating group) is 1. The lowest BCUT2D eigenvalue weighted by molar-refractivity contribution is -0.131. The number of hydrogen-bond donors (Lipinski definition) is 1. The third-order valence-electron chi connectivity index (χ3n) is 2.66. The van der Waals surface area contributed by atoms with Crippen molar-refractivity contribution in [1.82, 2.24) is 4.90 Å². The number of ether oxygens (including phenoxy) is 1. The highest BCUT2D eigenvalue weighted by Gasteiger charge is 2.11. The van der Waals surface area contributed by atoms with Crippen LogP contribution in [-0.2, 0) is 4.79 Å². The number of carbonyl (C=O) groups excluding carboxylic acids is 1. The highest BCUT2D eigenvalue weighted by atomic mass is 16.5. The summed E-state index contributed by atoms with van der Waals surface area (Å²) < 4.78 is 5.51. The Balaban J connectivity index is 2.66. The second-order valence-corrected chi connectivity index (χ2v) is 4.02. The topological polar surface area (TPSA) is 55.6 Å². The first-order chi connectivity index (χ1) is 8.06. The molecule has 1 aromatic carbocycles. The molecular weight excluding hydrogens is 216 g/mol. The van der Waals surface area contributed by atoms with E-state index in [0.29, 0.717) is 12.3 Å². The van der Waals surface area contributed by atoms with Crippen molar-refractivity contribution in [3.63, 3.8) is 0 Å². The zero-order valence-corrected chi connectivity index (χ0v) is 10.6. The Bertz CT molecular complexity index is 377. The molecule has 0 spiro atoms. The summed E-state index contributed by atoms with van der Waals surface area (Å²) in [5.74, 6) is 0.646. The predicted octanol–water partition coefficient (Wildman–Crippen LogP) is 1.56. The Kier molecular flexibility index (Phi) is 4.97. The lowest BCUT2D eigenvalue weighted by Crippen LogP contribution is -2.31. The molecule has 94 valence electrons. The molecule has 0 saturated heterocycles. The first kappa shape index (κ1) is 13.5. The summed E-state index contributed by atoms with van der Waals surface area (Å²) in [5, 5.41) is 0. The Labute approximate surface area is 102 Å². The SMILES string of the molecule is CCN(C)C(=O)COc1ccccc1[C@@H](C)N. The second-order valence-electron chi connectivity index (χ2n) is 4.02. The maximum atomic E-state index is 11.6. The molecule has 0 aliphatic carbocycles. The fourth-order valence-corrected chi connectivity index (χ4v) is 1.41. The van der Waals surface area contributed by atoms with Crippen LogP contribution in [0.1, 0.15) is 25.5 Å². The van der Waals surface area contributed by atoms with Crippen molar-refractivity contribution in [3.05, 3.63) is 29.8 Å². The molecule has 4 nitrogen and oxygen atoms in total. The molecule has 1 rings (SSSR count). The fourth-order valence-electron chi connectivity index (χ4n) is 1.41. The lowest BCUT2D eigenvalue weighted by atomic mass is 10.1. The smallest absolute Gasteiger partial charge is 0.260 e. The van der Waals surface area contributed by atoms with E-state index in [2.05, 4.69) is 0 Å². The van der Waals surface area contributed by atoms with Crippen molar-refractivity contribution < 1.29 is 9.53 Å². The van der Waals surface area contributed by atoms with Crippen molar-refractivity contribution in [1.29, 1.82) is 0 Å². The summed E-state index contributed by atoms with van der Waals surface area (Å²) in [5.41, 5.74) is 6.75. The first-order valence-corrected chi connectivity index (χ1v) is 5.77. The van der Waals surface area contributed by atoms with E-state index >= 15 is 0 Å². The molecule has 0 aliphatic rings. The van der Waals surface area contributed by atoms with Gasteiger partial charge in [-0.05, 0) is 19.9 Å². The van der Waals surface area contributed by atoms with Gasteiger partial charge >= 0.3 is 0 Å². The molecule has 4 heteroatoms. The fraction of sp³-hybridized carbons (Fsp3) is 0.462. The molecule has 0 radical (unpaired) electrons. The summed E-state index contributed by atoms with van der Waals surface area (Å²) in [4.78, 5) is 13.2. The minimum atomic E-state index is -0.106. The third kappa shape index (κ3) is 3.75. The van der Waals surface area contributed by atoms with Crippen LogP contribution in [0.5, 0.6) is 5.75 Å². The Morgan fingerprint density at radius 2 is 2.12 bits per heavy atom. The first-order valence-electron chi connectivity index (χ1n) is 5.77. The standard InChI is InChI=1S/C13H20N2O2/c1-4-15(3)13(16)9-17-12-8-6-5-7-11(12)10(2)14/h5-8,10H,4,9,14H2,1-3H3/t10-/m1/s1. The van der Waals surface area contributed by atoms with Gasteiger partial charge in [0.1, 0.15) is 5.75 Å². The Morgan fingerprint density at radius 3 is 2.71 bits per heavy atom. The highest BCUT2D eigenvalue weighted by Crippen LogP contribution is 2.22. The Morgan fingerprint density at radius 1 is 1.47 bits per heavy atom. The average Bonchev–Trinajstić information content (AvgIpc) is 2.35. The van der Waals surface area contributed by atoms with Crippen molar-refractivity contribution in [3.8, 4) is 5.75 Å². The third-order valence-corrected chi connectivity index (χ3v) is 2.66. The maximum absolute atomic E-state index is 11.6. The van der Waals surface area contributed by atoms with Crippen molar-refractivity contribution >= 4 is 5.91 Å². The highest BCUT2D eigenvalue weighted by molar-refractivity contribution is 5.77. The van der Waals surface area contributed by atoms with Gasteiger partial charge in [0.25, 0.3) is 5.91 Å². The molecule has 0 aromatic heterocycles. The van der Waals surface area contributed by atoms with Gasteiger partial charge in [-0.1, -0.05) is 18.2 Å². The van der Waals surface area contributed by atoms with E-state index in [1.807, 2.05) is 38.1 Å². The van der Waals surface area contributed by atoms with Gasteiger partial charge in [0.15, 0.2) is 6.61 Å². The van der Waals surface area contributed by atoms with E-state index in [4.69, 9.17) is 10.5 Å². The average molecular weight is 236 g/mol. The second kappa shape index (κ2) is 6.25. The van der Waals surface area contributed by atoms with Crippen molar-refractivity contribution in [2.75, 3.05) is 20.2 Å². The van der Waals surface area contributed by atoms with E-state index in [1.54, 1.807) is 11.9 Å². The van der Waals surface area contributed by atoms with E-state index < -0.39 is 0 Å². The summed E-state index contributed by atoms with van der Waals surface area (Å²) in [6, 6.07) is 7.41. The van der Waals surface area contributed by atoms with Crippen LogP contribution in [0, 0.1) is 0 Å². The van der Waals surface area contributed by atoms with Gasteiger partial charge in [0, 0.05) is 25.2 Å². The van der Waals surface area contributed by atoms with Crippen LogP contribution in [-0.4, -0.2) is 31.0 Å². The Hall–Kier alpha value is -1.55. The number of benzene rings is 1. The van der Waals surface area contributed by atoms with Gasteiger partial charge in [-0.25, -0.2) is 0 Å². The number of amides is 1. The number of carbonyl (C=O) groups is 1. The van der Waals surface area contributed by atoms with Crippen LogP contribution in [0.4, 0.5) is 0 Å². The van der Waals surface area contributed by atoms with Crippen LogP contribution in [0.25, 0.3) is 0 Å². The zero-order chi connectivity index (χ0) is 12.8. The molecule has 0 fully saturated rings. The quantitative estimate of drug-likeness (QED) is 0.844. The number of nitrogens with two attached hydrogens (primary N) is 1. The molecule has 1 atom stereocenters. The number of nitrogens with zero attached hydrogens (tertiary/aromatic N) is 1. The van der Waals surface area contributed by atoms with E-state index in [1.165, 1.54) is 0 Å². The van der Waals surface area contributed by atoms with Gasteiger partial charge in [-0.15, -0.1) is 0 Å². The normalized spacial score (nSPS) is 12.0. The molecule has 17 heavy (non-hydrogen) atoms. The number of rotatable bonds is 5. The molecule has 0 saturated carbocycles. The van der Waals surface area contributed by atoms with Gasteiger partial charge in [-0.2, -0.15) is 0 Å².